The first-order valence-corrected chi connectivity index (χ1v) is 9.48. The number of likely N-dealkylation sites (tertiary alicyclic amines) is 1. The molecule has 5 nitrogen and oxygen atoms in total. The predicted octanol–water partition coefficient (Wildman–Crippen LogP) is 2.22. The highest BCUT2D eigenvalue weighted by molar-refractivity contribution is 5.85. The van der Waals surface area contributed by atoms with Crippen molar-refractivity contribution >= 4 is 24.2 Å². The van der Waals surface area contributed by atoms with E-state index >= 15 is 0 Å². The molecule has 0 aromatic rings. The van der Waals surface area contributed by atoms with Crippen LogP contribution in [-0.4, -0.2) is 41.9 Å². The van der Waals surface area contributed by atoms with Crippen LogP contribution in [0.1, 0.15) is 64.2 Å². The molecular weight excluding hydrogens is 326 g/mol. The highest BCUT2D eigenvalue weighted by atomic mass is 35.5. The summed E-state index contributed by atoms with van der Waals surface area (Å²) in [5, 5.41) is 3.22. The summed E-state index contributed by atoms with van der Waals surface area (Å²) in [6, 6.07) is 0.422. The van der Waals surface area contributed by atoms with Crippen molar-refractivity contribution < 1.29 is 9.59 Å². The van der Waals surface area contributed by atoms with Crippen LogP contribution in [0.5, 0.6) is 0 Å². The van der Waals surface area contributed by atoms with E-state index < -0.39 is 0 Å². The topological polar surface area (TPSA) is 75.4 Å². The van der Waals surface area contributed by atoms with Crippen molar-refractivity contribution in [2.75, 3.05) is 13.1 Å². The standard InChI is InChI=1S/C18H31N3O2.ClH/c19-15-6-3-11-21(12-15)18(23)14-7-9-16(10-8-14)20-17(22)13-4-1-2-5-13;/h13-16H,1-12,19H2,(H,20,22);1H. The SMILES string of the molecule is Cl.NC1CCCN(C(=O)C2CCC(NC(=O)C3CCCC3)CC2)C1. The first-order valence-electron chi connectivity index (χ1n) is 9.48. The number of hydrogen-bond acceptors (Lipinski definition) is 3. The van der Waals surface area contributed by atoms with E-state index in [4.69, 9.17) is 5.73 Å². The molecule has 2 aliphatic carbocycles. The number of piperidine rings is 1. The number of carbonyl (C=O) groups is 2. The van der Waals surface area contributed by atoms with Gasteiger partial charge in [0.25, 0.3) is 0 Å². The van der Waals surface area contributed by atoms with Crippen LogP contribution in [0.3, 0.4) is 0 Å². The summed E-state index contributed by atoms with van der Waals surface area (Å²) in [7, 11) is 0. The van der Waals surface area contributed by atoms with Gasteiger partial charge in [0, 0.05) is 37.0 Å². The summed E-state index contributed by atoms with van der Waals surface area (Å²) in [5.41, 5.74) is 5.99. The third kappa shape index (κ3) is 4.85. The molecule has 3 N–H and O–H groups in total. The molecule has 24 heavy (non-hydrogen) atoms. The Morgan fingerprint density at radius 2 is 1.54 bits per heavy atom. The zero-order valence-corrected chi connectivity index (χ0v) is 15.4. The highest BCUT2D eigenvalue weighted by Crippen LogP contribution is 2.29. The van der Waals surface area contributed by atoms with Crippen LogP contribution in [0.15, 0.2) is 0 Å². The molecule has 0 aromatic carbocycles. The second kappa shape index (κ2) is 9.04. The van der Waals surface area contributed by atoms with Gasteiger partial charge in [0.1, 0.15) is 0 Å². The van der Waals surface area contributed by atoms with Crippen molar-refractivity contribution in [3.8, 4) is 0 Å². The molecule has 1 aliphatic heterocycles. The van der Waals surface area contributed by atoms with Gasteiger partial charge in [-0.25, -0.2) is 0 Å². The fraction of sp³-hybridized carbons (Fsp3) is 0.889. The number of carbonyl (C=O) groups excluding carboxylic acids is 2. The summed E-state index contributed by atoms with van der Waals surface area (Å²) < 4.78 is 0. The summed E-state index contributed by atoms with van der Waals surface area (Å²) in [6.07, 6.45) is 10.2. The zero-order valence-electron chi connectivity index (χ0n) is 14.5. The van der Waals surface area contributed by atoms with Gasteiger partial charge >= 0.3 is 0 Å². The number of nitrogens with two attached hydrogens (primary N) is 1. The zero-order chi connectivity index (χ0) is 16.2. The van der Waals surface area contributed by atoms with Crippen LogP contribution < -0.4 is 11.1 Å². The van der Waals surface area contributed by atoms with Crippen molar-refractivity contribution in [3.05, 3.63) is 0 Å². The molecule has 2 saturated carbocycles. The molecule has 1 unspecified atom stereocenters. The average Bonchev–Trinajstić information content (AvgIpc) is 3.09. The molecule has 0 spiro atoms. The summed E-state index contributed by atoms with van der Waals surface area (Å²) >= 11 is 0. The Labute approximate surface area is 151 Å². The molecule has 2 amide bonds. The normalized spacial score (nSPS) is 31.4. The molecule has 6 heteroatoms. The summed E-state index contributed by atoms with van der Waals surface area (Å²) in [4.78, 5) is 26.8. The van der Waals surface area contributed by atoms with Gasteiger partial charge in [-0.05, 0) is 51.4 Å². The third-order valence-electron chi connectivity index (χ3n) is 5.92. The van der Waals surface area contributed by atoms with Crippen molar-refractivity contribution in [1.29, 1.82) is 0 Å². The lowest BCUT2D eigenvalue weighted by Gasteiger charge is -2.36. The Kier molecular flexibility index (Phi) is 7.35. The minimum atomic E-state index is 0. The van der Waals surface area contributed by atoms with E-state index in [2.05, 4.69) is 5.32 Å². The molecule has 0 aromatic heterocycles. The maximum Gasteiger partial charge on any atom is 0.225 e. The van der Waals surface area contributed by atoms with Crippen LogP contribution >= 0.6 is 12.4 Å². The first kappa shape index (κ1) is 19.5. The van der Waals surface area contributed by atoms with Crippen molar-refractivity contribution in [2.24, 2.45) is 17.6 Å². The van der Waals surface area contributed by atoms with E-state index in [1.807, 2.05) is 4.90 Å². The minimum absolute atomic E-state index is 0. The quantitative estimate of drug-likeness (QED) is 0.813. The van der Waals surface area contributed by atoms with Gasteiger partial charge in [-0.15, -0.1) is 12.4 Å². The van der Waals surface area contributed by atoms with E-state index in [1.165, 1.54) is 12.8 Å². The highest BCUT2D eigenvalue weighted by Gasteiger charge is 2.32. The van der Waals surface area contributed by atoms with Crippen molar-refractivity contribution in [3.63, 3.8) is 0 Å². The Hall–Kier alpha value is -0.810. The van der Waals surface area contributed by atoms with Gasteiger partial charge < -0.3 is 16.0 Å². The molecule has 1 saturated heterocycles. The Morgan fingerprint density at radius 1 is 0.875 bits per heavy atom. The smallest absolute Gasteiger partial charge is 0.225 e. The van der Waals surface area contributed by atoms with Crippen molar-refractivity contribution in [1.82, 2.24) is 10.2 Å². The van der Waals surface area contributed by atoms with E-state index in [0.29, 0.717) is 5.91 Å². The molecule has 0 bridgehead atoms. The van der Waals surface area contributed by atoms with E-state index in [9.17, 15) is 9.59 Å². The fourth-order valence-electron chi connectivity index (χ4n) is 4.46. The molecule has 1 atom stereocenters. The van der Waals surface area contributed by atoms with Gasteiger partial charge in [0.2, 0.25) is 11.8 Å². The van der Waals surface area contributed by atoms with Gasteiger partial charge in [-0.2, -0.15) is 0 Å². The number of amides is 2. The lowest BCUT2D eigenvalue weighted by molar-refractivity contribution is -0.138. The molecule has 1 heterocycles. The van der Waals surface area contributed by atoms with E-state index in [0.717, 1.165) is 64.5 Å². The van der Waals surface area contributed by atoms with Gasteiger partial charge in [0.15, 0.2) is 0 Å². The molecule has 3 rings (SSSR count). The Bertz CT molecular complexity index is 432. The van der Waals surface area contributed by atoms with Gasteiger partial charge in [0.05, 0.1) is 0 Å². The third-order valence-corrected chi connectivity index (χ3v) is 5.92. The lowest BCUT2D eigenvalue weighted by Crippen LogP contribution is -2.49. The molecule has 3 aliphatic rings. The van der Waals surface area contributed by atoms with Gasteiger partial charge in [-0.3, -0.25) is 9.59 Å². The minimum Gasteiger partial charge on any atom is -0.353 e. The maximum atomic E-state index is 12.6. The second-order valence-electron chi connectivity index (χ2n) is 7.73. The molecular formula is C18H32ClN3O2. The number of nitrogens with one attached hydrogen (secondary N) is 1. The van der Waals surface area contributed by atoms with Crippen LogP contribution in [0.4, 0.5) is 0 Å². The average molecular weight is 358 g/mol. The van der Waals surface area contributed by atoms with Crippen LogP contribution in [0.2, 0.25) is 0 Å². The monoisotopic (exact) mass is 357 g/mol. The summed E-state index contributed by atoms with van der Waals surface area (Å²) in [5.74, 6) is 0.920. The maximum absolute atomic E-state index is 12.6. The van der Waals surface area contributed by atoms with Crippen LogP contribution in [0.25, 0.3) is 0 Å². The lowest BCUT2D eigenvalue weighted by atomic mass is 9.84. The summed E-state index contributed by atoms with van der Waals surface area (Å²) in [6.45, 7) is 1.59. The Morgan fingerprint density at radius 3 is 2.17 bits per heavy atom. The number of hydrogen-bond donors (Lipinski definition) is 2. The van der Waals surface area contributed by atoms with Crippen LogP contribution in [-0.2, 0) is 9.59 Å². The second-order valence-corrected chi connectivity index (χ2v) is 7.73. The van der Waals surface area contributed by atoms with Gasteiger partial charge in [-0.1, -0.05) is 12.8 Å². The Balaban J connectivity index is 0.00000208. The predicted molar refractivity (Wildman–Crippen MR) is 96.9 cm³/mol. The molecule has 0 radical (unpaired) electrons. The van der Waals surface area contributed by atoms with Crippen LogP contribution in [0, 0.1) is 11.8 Å². The van der Waals surface area contributed by atoms with E-state index in [1.54, 1.807) is 0 Å². The largest absolute Gasteiger partial charge is 0.353 e. The van der Waals surface area contributed by atoms with Crippen molar-refractivity contribution in [2.45, 2.75) is 76.3 Å². The van der Waals surface area contributed by atoms with E-state index in [-0.39, 0.29) is 42.2 Å². The number of halogens is 1. The molecule has 3 fully saturated rings. The molecule has 138 valence electrons. The fourth-order valence-corrected chi connectivity index (χ4v) is 4.46. The number of rotatable bonds is 3. The number of nitrogens with zero attached hydrogens (tertiary/aromatic N) is 1. The first-order chi connectivity index (χ1) is 11.1.